The van der Waals surface area contributed by atoms with Crippen LogP contribution >= 0.6 is 0 Å². The minimum absolute atomic E-state index is 0.174. The van der Waals surface area contributed by atoms with Gasteiger partial charge in [-0.25, -0.2) is 0 Å². The van der Waals surface area contributed by atoms with Crippen LogP contribution in [0.3, 0.4) is 0 Å². The highest BCUT2D eigenvalue weighted by molar-refractivity contribution is 5.88. The first kappa shape index (κ1) is 13.8. The molecular weight excluding hydrogens is 222 g/mol. The van der Waals surface area contributed by atoms with Crippen LogP contribution < -0.4 is 5.32 Å². The van der Waals surface area contributed by atoms with Crippen LogP contribution in [0.1, 0.15) is 12.5 Å². The highest BCUT2D eigenvalue weighted by Gasteiger charge is 2.07. The number of nitrogens with one attached hydrogen (secondary N) is 1. The van der Waals surface area contributed by atoms with Gasteiger partial charge in [0.2, 0.25) is 5.91 Å². The van der Waals surface area contributed by atoms with Crippen molar-refractivity contribution in [3.05, 3.63) is 60.2 Å². The minimum atomic E-state index is -0.282. The summed E-state index contributed by atoms with van der Waals surface area (Å²) in [6, 6.07) is 9.56. The van der Waals surface area contributed by atoms with Gasteiger partial charge in [0.15, 0.2) is 0 Å². The van der Waals surface area contributed by atoms with Gasteiger partial charge in [0.1, 0.15) is 0 Å². The Morgan fingerprint density at radius 1 is 1.39 bits per heavy atom. The van der Waals surface area contributed by atoms with E-state index in [1.807, 2.05) is 43.3 Å². The summed E-state index contributed by atoms with van der Waals surface area (Å²) < 4.78 is 0. The second-order valence-electron chi connectivity index (χ2n) is 3.80. The number of terminal acetylenes is 1. The van der Waals surface area contributed by atoms with Crippen molar-refractivity contribution < 1.29 is 4.79 Å². The van der Waals surface area contributed by atoms with Gasteiger partial charge in [-0.1, -0.05) is 54.5 Å². The number of rotatable bonds is 5. The van der Waals surface area contributed by atoms with Gasteiger partial charge in [-0.2, -0.15) is 0 Å². The molecule has 0 aliphatic carbocycles. The van der Waals surface area contributed by atoms with Gasteiger partial charge in [0.25, 0.3) is 0 Å². The smallest absolute Gasteiger partial charge is 0.244 e. The summed E-state index contributed by atoms with van der Waals surface area (Å²) in [4.78, 5) is 11.6. The Labute approximate surface area is 108 Å². The third-order valence-electron chi connectivity index (χ3n) is 2.35. The molecule has 1 rings (SSSR count). The van der Waals surface area contributed by atoms with E-state index in [0.717, 1.165) is 5.56 Å². The zero-order valence-electron chi connectivity index (χ0n) is 10.5. The Bertz CT molecular complexity index is 466. The normalized spacial score (nSPS) is 12.4. The summed E-state index contributed by atoms with van der Waals surface area (Å²) >= 11 is 0. The second-order valence-corrected chi connectivity index (χ2v) is 3.80. The molecule has 2 nitrogen and oxygen atoms in total. The Kier molecular flexibility index (Phi) is 6.07. The van der Waals surface area contributed by atoms with Crippen LogP contribution in [-0.2, 0) is 11.2 Å². The fraction of sp³-hybridized carbons (Fsp3) is 0.188. The maximum absolute atomic E-state index is 11.6. The first-order valence-corrected chi connectivity index (χ1v) is 5.86. The van der Waals surface area contributed by atoms with E-state index in [1.54, 1.807) is 12.2 Å². The van der Waals surface area contributed by atoms with Gasteiger partial charge in [0, 0.05) is 12.5 Å². The lowest BCUT2D eigenvalue weighted by Crippen LogP contribution is -2.34. The predicted octanol–water partition coefficient (Wildman–Crippen LogP) is 2.48. The Balaban J connectivity index is 2.53. The van der Waals surface area contributed by atoms with E-state index < -0.39 is 0 Å². The van der Waals surface area contributed by atoms with E-state index in [4.69, 9.17) is 6.42 Å². The first-order valence-electron chi connectivity index (χ1n) is 5.86. The maximum atomic E-state index is 11.6. The molecule has 1 amide bonds. The van der Waals surface area contributed by atoms with Crippen LogP contribution in [0.5, 0.6) is 0 Å². The van der Waals surface area contributed by atoms with Gasteiger partial charge in [-0.05, 0) is 12.5 Å². The van der Waals surface area contributed by atoms with E-state index in [-0.39, 0.29) is 11.9 Å². The summed E-state index contributed by atoms with van der Waals surface area (Å²) in [7, 11) is 0. The number of benzene rings is 1. The van der Waals surface area contributed by atoms with Gasteiger partial charge in [-0.15, -0.1) is 6.42 Å². The number of amides is 1. The van der Waals surface area contributed by atoms with Crippen molar-refractivity contribution in [1.29, 1.82) is 0 Å². The van der Waals surface area contributed by atoms with Crippen LogP contribution in [0.4, 0.5) is 0 Å². The highest BCUT2D eigenvalue weighted by Crippen LogP contribution is 2.02. The molecular formula is C16H17NO. The molecule has 1 atom stereocenters. The molecule has 0 aliphatic heterocycles. The summed E-state index contributed by atoms with van der Waals surface area (Å²) in [6.45, 7) is 1.89. The van der Waals surface area contributed by atoms with E-state index in [1.165, 1.54) is 6.08 Å². The molecule has 0 saturated heterocycles. The highest BCUT2D eigenvalue weighted by atomic mass is 16.1. The van der Waals surface area contributed by atoms with Crippen molar-refractivity contribution in [2.24, 2.45) is 0 Å². The lowest BCUT2D eigenvalue weighted by molar-refractivity contribution is -0.116. The molecule has 1 N–H and O–H groups in total. The van der Waals surface area contributed by atoms with Crippen LogP contribution in [0.2, 0.25) is 0 Å². The molecule has 0 bridgehead atoms. The predicted molar refractivity (Wildman–Crippen MR) is 74.9 cm³/mol. The van der Waals surface area contributed by atoms with Crippen molar-refractivity contribution in [3.8, 4) is 12.3 Å². The summed E-state index contributed by atoms with van der Waals surface area (Å²) in [5.74, 6) is 2.41. The molecule has 2 heteroatoms. The van der Waals surface area contributed by atoms with Gasteiger partial charge in [-0.3, -0.25) is 4.79 Å². The van der Waals surface area contributed by atoms with Crippen LogP contribution in [0.15, 0.2) is 54.6 Å². The Morgan fingerprint density at radius 3 is 2.72 bits per heavy atom. The number of hydrogen-bond donors (Lipinski definition) is 1. The Morgan fingerprint density at radius 2 is 2.11 bits per heavy atom. The van der Waals surface area contributed by atoms with Crippen LogP contribution in [0.25, 0.3) is 0 Å². The van der Waals surface area contributed by atoms with Crippen molar-refractivity contribution in [1.82, 2.24) is 5.32 Å². The lowest BCUT2D eigenvalue weighted by Gasteiger charge is -2.11. The average Bonchev–Trinajstić information content (AvgIpc) is 2.39. The van der Waals surface area contributed by atoms with Crippen molar-refractivity contribution in [3.63, 3.8) is 0 Å². The van der Waals surface area contributed by atoms with Crippen LogP contribution in [-0.4, -0.2) is 11.9 Å². The SMILES string of the molecule is C#CC(Cc1ccccc1)NC(=O)C=CC=CC. The molecule has 0 aliphatic rings. The third kappa shape index (κ3) is 5.18. The maximum Gasteiger partial charge on any atom is 0.244 e. The quantitative estimate of drug-likeness (QED) is 0.477. The van der Waals surface area contributed by atoms with Crippen molar-refractivity contribution >= 4 is 5.91 Å². The second kappa shape index (κ2) is 7.92. The monoisotopic (exact) mass is 239 g/mol. The number of hydrogen-bond acceptors (Lipinski definition) is 1. The fourth-order valence-electron chi connectivity index (χ4n) is 1.48. The van der Waals surface area contributed by atoms with Gasteiger partial charge >= 0.3 is 0 Å². The summed E-state index contributed by atoms with van der Waals surface area (Å²) in [5, 5.41) is 2.78. The molecule has 92 valence electrons. The Hall–Kier alpha value is -2.27. The molecule has 1 aromatic carbocycles. The van der Waals surface area contributed by atoms with Crippen LogP contribution in [0, 0.1) is 12.3 Å². The molecule has 0 heterocycles. The van der Waals surface area contributed by atoms with E-state index in [0.29, 0.717) is 6.42 Å². The van der Waals surface area contributed by atoms with Crippen molar-refractivity contribution in [2.75, 3.05) is 0 Å². The van der Waals surface area contributed by atoms with E-state index in [2.05, 4.69) is 11.2 Å². The molecule has 18 heavy (non-hydrogen) atoms. The number of allylic oxidation sites excluding steroid dienone is 3. The average molecular weight is 239 g/mol. The molecule has 0 fully saturated rings. The minimum Gasteiger partial charge on any atom is -0.339 e. The zero-order valence-corrected chi connectivity index (χ0v) is 10.5. The topological polar surface area (TPSA) is 29.1 Å². The largest absolute Gasteiger partial charge is 0.339 e. The number of carbonyl (C=O) groups is 1. The fourth-order valence-corrected chi connectivity index (χ4v) is 1.48. The van der Waals surface area contributed by atoms with E-state index in [9.17, 15) is 4.79 Å². The lowest BCUT2D eigenvalue weighted by atomic mass is 10.1. The van der Waals surface area contributed by atoms with Gasteiger partial charge in [0.05, 0.1) is 6.04 Å². The zero-order chi connectivity index (χ0) is 13.2. The first-order chi connectivity index (χ1) is 8.76. The molecule has 0 spiro atoms. The molecule has 1 aromatic rings. The third-order valence-corrected chi connectivity index (χ3v) is 2.35. The van der Waals surface area contributed by atoms with Gasteiger partial charge < -0.3 is 5.32 Å². The summed E-state index contributed by atoms with van der Waals surface area (Å²) in [6.07, 6.45) is 12.9. The standard InChI is InChI=1S/C16H17NO/c1-3-5-7-12-16(18)17-15(4-2)13-14-10-8-6-9-11-14/h2-3,5-12,15H,13H2,1H3,(H,17,18). The molecule has 0 radical (unpaired) electrons. The van der Waals surface area contributed by atoms with Crippen molar-refractivity contribution in [2.45, 2.75) is 19.4 Å². The summed E-state index contributed by atoms with van der Waals surface area (Å²) in [5.41, 5.74) is 1.11. The van der Waals surface area contributed by atoms with E-state index >= 15 is 0 Å². The molecule has 0 saturated carbocycles. The molecule has 0 aromatic heterocycles. The number of carbonyl (C=O) groups excluding carboxylic acids is 1. The molecule has 1 unspecified atom stereocenters.